The zero-order valence-electron chi connectivity index (χ0n) is 15.5. The van der Waals surface area contributed by atoms with E-state index in [1.165, 1.54) is 16.9 Å². The molecule has 4 nitrogen and oxygen atoms in total. The molecule has 1 N–H and O–H groups in total. The molecular weight excluding hydrogens is 386 g/mol. The fraction of sp³-hybridized carbons (Fsp3) is 0.182. The first-order valence-electron chi connectivity index (χ1n) is 9.10. The number of aryl methyl sites for hydroxylation is 1. The van der Waals surface area contributed by atoms with Gasteiger partial charge in [-0.1, -0.05) is 24.4 Å². The Balaban J connectivity index is 1.49. The molecule has 4 rings (SSSR count). The van der Waals surface area contributed by atoms with Crippen molar-refractivity contribution < 1.29 is 9.36 Å². The zero-order valence-corrected chi connectivity index (χ0v) is 17.1. The molecule has 0 radical (unpaired) electrons. The highest BCUT2D eigenvalue weighted by Gasteiger charge is 2.16. The maximum Gasteiger partial charge on any atom is 0.237 e. The van der Waals surface area contributed by atoms with E-state index < -0.39 is 0 Å². The smallest absolute Gasteiger partial charge is 0.237 e. The maximum absolute atomic E-state index is 12.5. The molecule has 0 aromatic carbocycles. The summed E-state index contributed by atoms with van der Waals surface area (Å²) in [7, 11) is 0. The second-order valence-electron chi connectivity index (χ2n) is 6.85. The summed E-state index contributed by atoms with van der Waals surface area (Å²) in [4.78, 5) is 15.4. The molecule has 0 spiro atoms. The summed E-state index contributed by atoms with van der Waals surface area (Å²) in [6, 6.07) is 9.88. The van der Waals surface area contributed by atoms with E-state index in [4.69, 9.17) is 12.2 Å². The van der Waals surface area contributed by atoms with Crippen molar-refractivity contribution in [1.29, 1.82) is 0 Å². The van der Waals surface area contributed by atoms with E-state index in [1.54, 1.807) is 0 Å². The Hall–Kier alpha value is -2.70. The topological polar surface area (TPSA) is 49.6 Å². The van der Waals surface area contributed by atoms with Gasteiger partial charge in [-0.15, -0.1) is 11.3 Å². The Morgan fingerprint density at radius 2 is 2.25 bits per heavy atom. The van der Waals surface area contributed by atoms with Crippen LogP contribution in [0.5, 0.6) is 0 Å². The molecule has 0 unspecified atom stereocenters. The number of H-pyrrole nitrogens is 1. The minimum absolute atomic E-state index is 0.120. The average molecular weight is 407 g/mol. The lowest BCUT2D eigenvalue weighted by atomic mass is 10.0. The quantitative estimate of drug-likeness (QED) is 0.375. The van der Waals surface area contributed by atoms with Gasteiger partial charge in [-0.25, -0.2) is 0 Å². The molecule has 0 amide bonds. The van der Waals surface area contributed by atoms with Crippen LogP contribution in [0.3, 0.4) is 0 Å². The molecule has 3 heterocycles. The van der Waals surface area contributed by atoms with Gasteiger partial charge < -0.3 is 0 Å². The van der Waals surface area contributed by atoms with E-state index in [1.807, 2.05) is 48.1 Å². The third kappa shape index (κ3) is 4.40. The first-order chi connectivity index (χ1) is 13.6. The number of aromatic amines is 1. The molecule has 0 saturated heterocycles. The van der Waals surface area contributed by atoms with Crippen LogP contribution >= 0.6 is 23.6 Å². The Labute approximate surface area is 173 Å². The highest BCUT2D eigenvalue weighted by atomic mass is 32.1. The molecule has 3 aromatic heterocycles. The number of aromatic nitrogens is 3. The number of nitrogens with one attached hydrogen (secondary N) is 1. The Morgan fingerprint density at radius 1 is 1.36 bits per heavy atom. The van der Waals surface area contributed by atoms with E-state index in [-0.39, 0.29) is 5.78 Å². The summed E-state index contributed by atoms with van der Waals surface area (Å²) in [5.74, 6) is 0.120. The van der Waals surface area contributed by atoms with Crippen molar-refractivity contribution in [1.82, 2.24) is 10.2 Å². The fourth-order valence-electron chi connectivity index (χ4n) is 3.17. The molecule has 140 valence electrons. The SMILES string of the molecule is Cc1ccc(C(=O)C[n+]2cccc(-c3cc(CC4=CC(=S)CC=C4)[nH]n3)c2)s1. The van der Waals surface area contributed by atoms with Crippen LogP contribution < -0.4 is 4.57 Å². The van der Waals surface area contributed by atoms with E-state index >= 15 is 0 Å². The van der Waals surface area contributed by atoms with Gasteiger partial charge in [0.2, 0.25) is 12.3 Å². The normalized spacial score (nSPS) is 13.6. The van der Waals surface area contributed by atoms with Gasteiger partial charge in [-0.05, 0) is 42.8 Å². The van der Waals surface area contributed by atoms with Crippen LogP contribution in [0.25, 0.3) is 11.3 Å². The van der Waals surface area contributed by atoms with E-state index in [9.17, 15) is 4.79 Å². The summed E-state index contributed by atoms with van der Waals surface area (Å²) in [6.45, 7) is 2.33. The van der Waals surface area contributed by atoms with Crippen molar-refractivity contribution in [2.45, 2.75) is 26.3 Å². The van der Waals surface area contributed by atoms with Crippen LogP contribution in [0.2, 0.25) is 0 Å². The lowest BCUT2D eigenvalue weighted by molar-refractivity contribution is -0.682. The van der Waals surface area contributed by atoms with Gasteiger partial charge in [-0.3, -0.25) is 9.89 Å². The number of rotatable bonds is 6. The number of pyridine rings is 1. The molecule has 0 saturated carbocycles. The van der Waals surface area contributed by atoms with Crippen LogP contribution in [0.1, 0.15) is 26.7 Å². The Kier molecular flexibility index (Phi) is 5.41. The van der Waals surface area contributed by atoms with E-state index in [0.717, 1.165) is 44.4 Å². The van der Waals surface area contributed by atoms with E-state index in [0.29, 0.717) is 6.54 Å². The molecule has 0 aliphatic heterocycles. The van der Waals surface area contributed by atoms with Gasteiger partial charge in [0.25, 0.3) is 0 Å². The molecular formula is C22H20N3OS2+. The zero-order chi connectivity index (χ0) is 19.5. The van der Waals surface area contributed by atoms with Crippen LogP contribution in [0.4, 0.5) is 0 Å². The van der Waals surface area contributed by atoms with Gasteiger partial charge in [-0.2, -0.15) is 9.67 Å². The predicted octanol–water partition coefficient (Wildman–Crippen LogP) is 4.42. The average Bonchev–Trinajstić information content (AvgIpc) is 3.31. The van der Waals surface area contributed by atoms with Gasteiger partial charge in [0.15, 0.2) is 12.4 Å². The van der Waals surface area contributed by atoms with Crippen LogP contribution in [0, 0.1) is 6.92 Å². The number of hydrogen-bond acceptors (Lipinski definition) is 4. The standard InChI is InChI=1S/C22H20N3OS2/c1-15-7-8-22(28-15)21(26)14-25-9-3-5-17(13-25)20-12-18(23-24-20)10-16-4-2-6-19(27)11-16/h2-5,7-9,11-13H,6,10,14H2,1H3,(H,23,24)/q+1. The largest absolute Gasteiger partial charge is 0.286 e. The number of ketones is 1. The number of thiophene rings is 1. The van der Waals surface area contributed by atoms with Crippen LogP contribution in [-0.4, -0.2) is 20.8 Å². The monoisotopic (exact) mass is 406 g/mol. The van der Waals surface area contributed by atoms with Crippen LogP contribution in [0.15, 0.2) is 66.5 Å². The van der Waals surface area contributed by atoms with Crippen molar-refractivity contribution in [3.63, 3.8) is 0 Å². The molecule has 0 atom stereocenters. The number of carbonyl (C=O) groups is 1. The van der Waals surface area contributed by atoms with Gasteiger partial charge >= 0.3 is 0 Å². The van der Waals surface area contributed by atoms with Crippen molar-refractivity contribution in [3.8, 4) is 11.3 Å². The third-order valence-corrected chi connectivity index (χ3v) is 5.84. The number of carbonyl (C=O) groups excluding carboxylic acids is 1. The fourth-order valence-corrected chi connectivity index (χ4v) is 4.22. The Bertz CT molecular complexity index is 1100. The van der Waals surface area contributed by atoms with Crippen LogP contribution in [-0.2, 0) is 13.0 Å². The molecule has 28 heavy (non-hydrogen) atoms. The number of Topliss-reactive ketones (excluding diaryl/α,β-unsaturated/α-hetero) is 1. The molecule has 6 heteroatoms. The number of hydrogen-bond donors (Lipinski definition) is 1. The van der Waals surface area contributed by atoms with Gasteiger partial charge in [0.05, 0.1) is 16.1 Å². The first kappa shape index (κ1) is 18.7. The third-order valence-electron chi connectivity index (χ3n) is 4.52. The number of thiocarbonyl (C=S) groups is 1. The van der Waals surface area contributed by atoms with Crippen molar-refractivity contribution >= 4 is 34.2 Å². The summed E-state index contributed by atoms with van der Waals surface area (Å²) in [5.41, 5.74) is 4.07. The van der Waals surface area contributed by atoms with Crippen molar-refractivity contribution in [2.75, 3.05) is 0 Å². The predicted molar refractivity (Wildman–Crippen MR) is 116 cm³/mol. The highest BCUT2D eigenvalue weighted by Crippen LogP contribution is 2.20. The highest BCUT2D eigenvalue weighted by molar-refractivity contribution is 7.80. The lowest BCUT2D eigenvalue weighted by Gasteiger charge is -2.05. The second kappa shape index (κ2) is 8.12. The molecule has 0 bridgehead atoms. The number of allylic oxidation sites excluding steroid dienone is 4. The summed E-state index contributed by atoms with van der Waals surface area (Å²) < 4.78 is 1.91. The van der Waals surface area contributed by atoms with Crippen molar-refractivity contribution in [2.24, 2.45) is 0 Å². The van der Waals surface area contributed by atoms with Gasteiger partial charge in [0, 0.05) is 34.3 Å². The molecule has 1 aliphatic rings. The summed E-state index contributed by atoms with van der Waals surface area (Å²) >= 11 is 6.82. The molecule has 0 fully saturated rings. The number of nitrogens with zero attached hydrogens (tertiary/aromatic N) is 2. The molecule has 1 aliphatic carbocycles. The maximum atomic E-state index is 12.5. The molecule has 3 aromatic rings. The first-order valence-corrected chi connectivity index (χ1v) is 10.3. The second-order valence-corrected chi connectivity index (χ2v) is 8.66. The summed E-state index contributed by atoms with van der Waals surface area (Å²) in [6.07, 6.45) is 11.8. The van der Waals surface area contributed by atoms with Crippen molar-refractivity contribution in [3.05, 3.63) is 82.0 Å². The van der Waals surface area contributed by atoms with E-state index in [2.05, 4.69) is 34.5 Å². The Morgan fingerprint density at radius 3 is 3.04 bits per heavy atom. The summed E-state index contributed by atoms with van der Waals surface area (Å²) in [5, 5.41) is 7.56. The minimum atomic E-state index is 0.120. The van der Waals surface area contributed by atoms with Gasteiger partial charge in [0.1, 0.15) is 0 Å². The minimum Gasteiger partial charge on any atom is -0.286 e. The lowest BCUT2D eigenvalue weighted by Crippen LogP contribution is -2.37.